The molecule has 1 unspecified atom stereocenters. The Kier molecular flexibility index (Phi) is 4.23. The number of nitrogens with two attached hydrogens (primary N) is 1. The van der Waals surface area contributed by atoms with Gasteiger partial charge in [0.15, 0.2) is 5.69 Å². The van der Waals surface area contributed by atoms with E-state index >= 15 is 0 Å². The number of rotatable bonds is 2. The first-order chi connectivity index (χ1) is 7.14. The number of likely N-dealkylation sites (tertiary alicyclic amines) is 1. The van der Waals surface area contributed by atoms with Crippen LogP contribution < -0.4 is 5.73 Å². The van der Waals surface area contributed by atoms with Crippen LogP contribution in [-0.4, -0.2) is 39.2 Å². The van der Waals surface area contributed by atoms with E-state index in [2.05, 4.69) is 15.7 Å². The van der Waals surface area contributed by atoms with E-state index in [4.69, 9.17) is 5.73 Å². The Morgan fingerprint density at radius 1 is 1.75 bits per heavy atom. The van der Waals surface area contributed by atoms with Crippen LogP contribution in [0.4, 0.5) is 0 Å². The summed E-state index contributed by atoms with van der Waals surface area (Å²) in [5.74, 6) is -0.0269. The zero-order valence-electron chi connectivity index (χ0n) is 9.05. The van der Waals surface area contributed by atoms with Crippen LogP contribution in [0.25, 0.3) is 0 Å². The van der Waals surface area contributed by atoms with E-state index in [1.165, 1.54) is 6.20 Å². The molecular formula is C9H15ClN4OS. The lowest BCUT2D eigenvalue weighted by Gasteiger charge is -2.21. The molecule has 2 heterocycles. The van der Waals surface area contributed by atoms with Crippen molar-refractivity contribution in [2.75, 3.05) is 19.6 Å². The van der Waals surface area contributed by atoms with Crippen LogP contribution in [0.1, 0.15) is 23.8 Å². The molecule has 1 fully saturated rings. The molecule has 0 aliphatic carbocycles. The van der Waals surface area contributed by atoms with Gasteiger partial charge in [0, 0.05) is 13.1 Å². The van der Waals surface area contributed by atoms with E-state index in [0.29, 0.717) is 12.2 Å². The van der Waals surface area contributed by atoms with Gasteiger partial charge in [-0.2, -0.15) is 8.75 Å². The summed E-state index contributed by atoms with van der Waals surface area (Å²) in [5, 5.41) is 0. The second-order valence-electron chi connectivity index (χ2n) is 4.28. The first-order valence-electron chi connectivity index (χ1n) is 4.91. The van der Waals surface area contributed by atoms with Crippen LogP contribution >= 0.6 is 24.1 Å². The third-order valence-electron chi connectivity index (χ3n) is 2.92. The largest absolute Gasteiger partial charge is 0.337 e. The molecule has 5 nitrogen and oxygen atoms in total. The van der Waals surface area contributed by atoms with Crippen LogP contribution in [0, 0.1) is 5.41 Å². The first kappa shape index (κ1) is 13.3. The van der Waals surface area contributed by atoms with Gasteiger partial charge in [-0.1, -0.05) is 6.92 Å². The molecule has 1 atom stereocenters. The summed E-state index contributed by atoms with van der Waals surface area (Å²) in [6.07, 6.45) is 2.48. The Hall–Kier alpha value is -0.720. The number of halogens is 1. The molecule has 0 spiro atoms. The van der Waals surface area contributed by atoms with Gasteiger partial charge in [0.25, 0.3) is 5.91 Å². The molecule has 90 valence electrons. The fourth-order valence-electron chi connectivity index (χ4n) is 1.78. The van der Waals surface area contributed by atoms with E-state index in [1.54, 1.807) is 0 Å². The maximum atomic E-state index is 11.9. The smallest absolute Gasteiger partial charge is 0.275 e. The molecule has 0 saturated carbocycles. The van der Waals surface area contributed by atoms with Crippen molar-refractivity contribution >= 4 is 30.0 Å². The molecule has 2 N–H and O–H groups in total. The van der Waals surface area contributed by atoms with Crippen LogP contribution in [0.2, 0.25) is 0 Å². The van der Waals surface area contributed by atoms with Crippen LogP contribution in [-0.2, 0) is 0 Å². The lowest BCUT2D eigenvalue weighted by atomic mass is 9.90. The number of carbonyl (C=O) groups is 1. The minimum atomic E-state index is -0.0269. The summed E-state index contributed by atoms with van der Waals surface area (Å²) in [5.41, 5.74) is 6.20. The quantitative estimate of drug-likeness (QED) is 0.855. The number of aromatic nitrogens is 2. The molecule has 1 aliphatic rings. The van der Waals surface area contributed by atoms with Crippen molar-refractivity contribution in [1.82, 2.24) is 13.6 Å². The topological polar surface area (TPSA) is 72.1 Å². The average molecular weight is 263 g/mol. The lowest BCUT2D eigenvalue weighted by molar-refractivity contribution is 0.0772. The zero-order chi connectivity index (χ0) is 10.9. The van der Waals surface area contributed by atoms with Gasteiger partial charge in [-0.05, 0) is 18.4 Å². The van der Waals surface area contributed by atoms with Gasteiger partial charge in [0.05, 0.1) is 17.9 Å². The minimum Gasteiger partial charge on any atom is -0.337 e. The Morgan fingerprint density at radius 3 is 3.00 bits per heavy atom. The summed E-state index contributed by atoms with van der Waals surface area (Å²) < 4.78 is 7.77. The molecule has 1 amide bonds. The Morgan fingerprint density at radius 2 is 2.50 bits per heavy atom. The molecule has 1 aromatic heterocycles. The van der Waals surface area contributed by atoms with E-state index < -0.39 is 0 Å². The van der Waals surface area contributed by atoms with Gasteiger partial charge < -0.3 is 10.6 Å². The summed E-state index contributed by atoms with van der Waals surface area (Å²) in [4.78, 5) is 13.7. The van der Waals surface area contributed by atoms with Crippen molar-refractivity contribution in [3.05, 3.63) is 11.9 Å². The maximum absolute atomic E-state index is 11.9. The van der Waals surface area contributed by atoms with Crippen molar-refractivity contribution in [2.24, 2.45) is 11.1 Å². The fraction of sp³-hybridized carbons (Fsp3) is 0.667. The Balaban J connectivity index is 0.00000128. The highest BCUT2D eigenvalue weighted by atomic mass is 35.5. The first-order valence-corrected chi connectivity index (χ1v) is 5.65. The number of carbonyl (C=O) groups excluding carboxylic acids is 1. The van der Waals surface area contributed by atoms with Gasteiger partial charge >= 0.3 is 0 Å². The van der Waals surface area contributed by atoms with Crippen LogP contribution in [0.5, 0.6) is 0 Å². The Labute approximate surface area is 105 Å². The SMILES string of the molecule is CC1(CN)CCN(C(=O)c2cnsn2)C1.Cl. The maximum Gasteiger partial charge on any atom is 0.275 e. The molecular weight excluding hydrogens is 248 g/mol. The van der Waals surface area contributed by atoms with E-state index in [-0.39, 0.29) is 23.7 Å². The molecule has 0 radical (unpaired) electrons. The lowest BCUT2D eigenvalue weighted by Crippen LogP contribution is -2.34. The number of hydrogen-bond donors (Lipinski definition) is 1. The van der Waals surface area contributed by atoms with Crippen molar-refractivity contribution in [3.8, 4) is 0 Å². The van der Waals surface area contributed by atoms with Gasteiger partial charge in [-0.3, -0.25) is 4.79 Å². The highest BCUT2D eigenvalue weighted by molar-refractivity contribution is 6.99. The second-order valence-corrected chi connectivity index (χ2v) is 4.84. The third kappa shape index (κ3) is 2.50. The summed E-state index contributed by atoms with van der Waals surface area (Å²) >= 11 is 1.06. The Bertz CT molecular complexity index is 358. The summed E-state index contributed by atoms with van der Waals surface area (Å²) in [7, 11) is 0. The zero-order valence-corrected chi connectivity index (χ0v) is 10.7. The highest BCUT2D eigenvalue weighted by Crippen LogP contribution is 2.29. The fourth-order valence-corrected chi connectivity index (χ4v) is 2.19. The van der Waals surface area contributed by atoms with Gasteiger partial charge in [-0.25, -0.2) is 0 Å². The van der Waals surface area contributed by atoms with Crippen LogP contribution in [0.3, 0.4) is 0 Å². The normalized spacial score (nSPS) is 24.2. The highest BCUT2D eigenvalue weighted by Gasteiger charge is 2.35. The molecule has 16 heavy (non-hydrogen) atoms. The van der Waals surface area contributed by atoms with E-state index in [1.807, 2.05) is 4.90 Å². The van der Waals surface area contributed by atoms with Crippen LogP contribution in [0.15, 0.2) is 6.20 Å². The average Bonchev–Trinajstić information content (AvgIpc) is 2.86. The molecule has 2 rings (SSSR count). The van der Waals surface area contributed by atoms with Gasteiger partial charge in [-0.15, -0.1) is 12.4 Å². The molecule has 1 saturated heterocycles. The molecule has 0 bridgehead atoms. The van der Waals surface area contributed by atoms with Gasteiger partial charge in [0.2, 0.25) is 0 Å². The molecule has 7 heteroatoms. The number of nitrogens with zero attached hydrogens (tertiary/aromatic N) is 3. The van der Waals surface area contributed by atoms with Crippen molar-refractivity contribution in [2.45, 2.75) is 13.3 Å². The second kappa shape index (κ2) is 5.07. The van der Waals surface area contributed by atoms with Crippen molar-refractivity contribution < 1.29 is 4.79 Å². The predicted molar refractivity (Wildman–Crippen MR) is 64.8 cm³/mol. The van der Waals surface area contributed by atoms with E-state index in [0.717, 1.165) is 31.2 Å². The molecule has 0 aromatic carbocycles. The standard InChI is InChI=1S/C9H14N4OS.ClH/c1-9(5-10)2-3-13(6-9)8(14)7-4-11-15-12-7;/h4H,2-3,5-6,10H2,1H3;1H. The van der Waals surface area contributed by atoms with E-state index in [9.17, 15) is 4.79 Å². The van der Waals surface area contributed by atoms with Crippen molar-refractivity contribution in [3.63, 3.8) is 0 Å². The summed E-state index contributed by atoms with van der Waals surface area (Å²) in [6, 6.07) is 0. The van der Waals surface area contributed by atoms with Crippen molar-refractivity contribution in [1.29, 1.82) is 0 Å². The third-order valence-corrected chi connectivity index (χ3v) is 3.40. The summed E-state index contributed by atoms with van der Waals surface area (Å²) in [6.45, 7) is 4.22. The predicted octanol–water partition coefficient (Wildman–Crippen LogP) is 0.771. The van der Waals surface area contributed by atoms with Gasteiger partial charge in [0.1, 0.15) is 0 Å². The minimum absolute atomic E-state index is 0. The number of amides is 1. The molecule has 1 aliphatic heterocycles. The number of hydrogen-bond acceptors (Lipinski definition) is 5. The monoisotopic (exact) mass is 262 g/mol. The molecule has 1 aromatic rings.